The van der Waals surface area contributed by atoms with Crippen LogP contribution >= 0.6 is 0 Å². The number of H-pyrrole nitrogens is 1. The van der Waals surface area contributed by atoms with Crippen molar-refractivity contribution >= 4 is 22.2 Å². The van der Waals surface area contributed by atoms with E-state index in [-0.39, 0.29) is 23.9 Å². The molecule has 2 aliphatic carbocycles. The fourth-order valence-corrected chi connectivity index (χ4v) is 6.05. The molecule has 3 heterocycles. The van der Waals surface area contributed by atoms with Crippen molar-refractivity contribution in [3.63, 3.8) is 0 Å². The number of hydrogen-bond donors (Lipinski definition) is 3. The van der Waals surface area contributed by atoms with Crippen LogP contribution in [0.5, 0.6) is 0 Å². The molecule has 0 bridgehead atoms. The molecule has 0 spiro atoms. The summed E-state index contributed by atoms with van der Waals surface area (Å²) in [5.41, 5.74) is 22.1. The van der Waals surface area contributed by atoms with E-state index >= 15 is 0 Å². The van der Waals surface area contributed by atoms with Crippen LogP contribution in [0.15, 0.2) is 85.4 Å². The smallest absolute Gasteiger partial charge is 0.0579 e. The molecule has 4 unspecified atom stereocenters. The molecular weight excluding hydrogens is 418 g/mol. The molecule has 1 saturated heterocycles. The topological polar surface area (TPSA) is 84.0 Å². The zero-order valence-electron chi connectivity index (χ0n) is 19.3. The molecule has 4 atom stereocenters. The number of fused-ring (bicyclic) bond motifs is 3. The molecule has 1 aromatic carbocycles. The van der Waals surface area contributed by atoms with Crippen molar-refractivity contribution in [1.29, 1.82) is 0 Å². The van der Waals surface area contributed by atoms with Crippen molar-refractivity contribution in [3.8, 4) is 0 Å². The SMILES string of the molecule is C=C(c1cncc2cc[nH]c12)N1CCC(=C2c3ccccc3C(N)C(N)C3C=CC=CC23)CC1. The highest BCUT2D eigenvalue weighted by atomic mass is 15.1. The molecule has 34 heavy (non-hydrogen) atoms. The summed E-state index contributed by atoms with van der Waals surface area (Å²) in [6.45, 7) is 6.32. The standard InChI is InChI=1S/C29H31N5/c1-18(25-17-32-16-20-10-13-33-29(20)25)34-14-11-19(12-15-34)26-21-6-2-4-8-23(21)27(30)28(31)24-9-5-3-7-22(24)26/h2-10,13,16-17,21,23,27-28,33H,1,11-12,14-15,30-31H2. The van der Waals surface area contributed by atoms with Crippen molar-refractivity contribution in [1.82, 2.24) is 14.9 Å². The minimum atomic E-state index is -0.174. The number of nitrogens with one attached hydrogen (secondary N) is 1. The van der Waals surface area contributed by atoms with Crippen LogP contribution in [-0.4, -0.2) is 34.0 Å². The number of likely N-dealkylation sites (tertiary alicyclic amines) is 1. The lowest BCUT2D eigenvalue weighted by atomic mass is 9.75. The van der Waals surface area contributed by atoms with Gasteiger partial charge in [-0.1, -0.05) is 60.7 Å². The number of rotatable bonds is 2. The number of pyridine rings is 1. The lowest BCUT2D eigenvalue weighted by molar-refractivity contribution is 0.366. The van der Waals surface area contributed by atoms with E-state index in [2.05, 4.69) is 76.1 Å². The van der Waals surface area contributed by atoms with E-state index in [9.17, 15) is 0 Å². The van der Waals surface area contributed by atoms with Gasteiger partial charge in [0.2, 0.25) is 0 Å². The second-order valence-corrected chi connectivity index (χ2v) is 9.64. The van der Waals surface area contributed by atoms with Crippen molar-refractivity contribution in [2.45, 2.75) is 24.9 Å². The first-order valence-electron chi connectivity index (χ1n) is 12.2. The van der Waals surface area contributed by atoms with Crippen LogP contribution in [0.25, 0.3) is 22.2 Å². The third-order valence-corrected chi connectivity index (χ3v) is 7.89. The predicted molar refractivity (Wildman–Crippen MR) is 139 cm³/mol. The molecule has 6 rings (SSSR count). The predicted octanol–water partition coefficient (Wildman–Crippen LogP) is 4.78. The van der Waals surface area contributed by atoms with Gasteiger partial charge in [-0.15, -0.1) is 0 Å². The van der Waals surface area contributed by atoms with Crippen LogP contribution in [0.4, 0.5) is 0 Å². The third-order valence-electron chi connectivity index (χ3n) is 7.89. The van der Waals surface area contributed by atoms with E-state index in [1.54, 1.807) is 0 Å². The van der Waals surface area contributed by atoms with E-state index in [0.717, 1.165) is 48.1 Å². The van der Waals surface area contributed by atoms with Gasteiger partial charge in [0.15, 0.2) is 0 Å². The molecule has 1 aliphatic heterocycles. The molecule has 3 aliphatic rings. The normalized spacial score (nSPS) is 26.4. The van der Waals surface area contributed by atoms with Crippen LogP contribution in [0, 0.1) is 11.8 Å². The summed E-state index contributed by atoms with van der Waals surface area (Å²) < 4.78 is 0. The fraction of sp³-hybridized carbons (Fsp3) is 0.276. The average Bonchev–Trinajstić information content (AvgIpc) is 3.35. The second-order valence-electron chi connectivity index (χ2n) is 9.64. The number of aromatic amines is 1. The minimum Gasteiger partial charge on any atom is -0.371 e. The van der Waals surface area contributed by atoms with Gasteiger partial charge < -0.3 is 21.4 Å². The molecule has 3 aromatic rings. The Balaban J connectivity index is 1.35. The van der Waals surface area contributed by atoms with Crippen LogP contribution in [0.1, 0.15) is 35.6 Å². The Morgan fingerprint density at radius 1 is 1.03 bits per heavy atom. The number of hydrogen-bond acceptors (Lipinski definition) is 4. The number of allylic oxidation sites excluding steroid dienone is 4. The minimum absolute atomic E-state index is 0.112. The summed E-state index contributed by atoms with van der Waals surface area (Å²) in [6.07, 6.45) is 16.6. The fourth-order valence-electron chi connectivity index (χ4n) is 6.05. The first-order chi connectivity index (χ1) is 16.6. The molecule has 172 valence electrons. The Kier molecular flexibility index (Phi) is 5.24. The highest BCUT2D eigenvalue weighted by molar-refractivity contribution is 5.89. The summed E-state index contributed by atoms with van der Waals surface area (Å²) in [4.78, 5) is 10.2. The Morgan fingerprint density at radius 2 is 1.82 bits per heavy atom. The molecule has 5 N–H and O–H groups in total. The van der Waals surface area contributed by atoms with Gasteiger partial charge in [-0.05, 0) is 35.6 Å². The van der Waals surface area contributed by atoms with Crippen molar-refractivity contribution in [2.24, 2.45) is 23.3 Å². The zero-order chi connectivity index (χ0) is 23.2. The van der Waals surface area contributed by atoms with E-state index in [4.69, 9.17) is 11.5 Å². The summed E-state index contributed by atoms with van der Waals surface area (Å²) in [5, 5.41) is 1.12. The molecule has 0 radical (unpaired) electrons. The van der Waals surface area contributed by atoms with Crippen molar-refractivity contribution in [2.75, 3.05) is 13.1 Å². The summed E-state index contributed by atoms with van der Waals surface area (Å²) in [6, 6.07) is 10.4. The van der Waals surface area contributed by atoms with E-state index in [1.807, 2.05) is 18.6 Å². The molecule has 5 heteroatoms. The molecule has 2 aromatic heterocycles. The highest BCUT2D eigenvalue weighted by Gasteiger charge is 2.38. The summed E-state index contributed by atoms with van der Waals surface area (Å²) in [5.74, 6) is 0.468. The Hall–Kier alpha value is -3.41. The largest absolute Gasteiger partial charge is 0.371 e. The quantitative estimate of drug-likeness (QED) is 0.526. The van der Waals surface area contributed by atoms with E-state index in [1.165, 1.54) is 22.3 Å². The maximum Gasteiger partial charge on any atom is 0.0579 e. The number of benzene rings is 1. The first-order valence-corrected chi connectivity index (χ1v) is 12.2. The molecular formula is C29H31N5. The third kappa shape index (κ3) is 3.35. The van der Waals surface area contributed by atoms with E-state index < -0.39 is 0 Å². The Morgan fingerprint density at radius 3 is 2.68 bits per heavy atom. The van der Waals surface area contributed by atoms with Gasteiger partial charge in [-0.25, -0.2) is 0 Å². The van der Waals surface area contributed by atoms with Crippen molar-refractivity contribution in [3.05, 3.63) is 102 Å². The van der Waals surface area contributed by atoms with Gasteiger partial charge >= 0.3 is 0 Å². The molecule has 1 fully saturated rings. The lowest BCUT2D eigenvalue weighted by Crippen LogP contribution is -2.41. The van der Waals surface area contributed by atoms with Crippen LogP contribution in [-0.2, 0) is 0 Å². The number of nitrogens with zero attached hydrogens (tertiary/aromatic N) is 2. The first kappa shape index (κ1) is 21.1. The number of nitrogens with two attached hydrogens (primary N) is 2. The average molecular weight is 450 g/mol. The maximum atomic E-state index is 6.74. The second kappa shape index (κ2) is 8.42. The number of piperidine rings is 1. The highest BCUT2D eigenvalue weighted by Crippen LogP contribution is 2.46. The van der Waals surface area contributed by atoms with Crippen LogP contribution < -0.4 is 11.5 Å². The monoisotopic (exact) mass is 449 g/mol. The van der Waals surface area contributed by atoms with Gasteiger partial charge in [0, 0.05) is 72.2 Å². The summed E-state index contributed by atoms with van der Waals surface area (Å²) in [7, 11) is 0. The van der Waals surface area contributed by atoms with Gasteiger partial charge in [0.25, 0.3) is 0 Å². The molecule has 5 nitrogen and oxygen atoms in total. The van der Waals surface area contributed by atoms with Gasteiger partial charge in [-0.2, -0.15) is 0 Å². The zero-order valence-corrected chi connectivity index (χ0v) is 19.3. The lowest BCUT2D eigenvalue weighted by Gasteiger charge is -2.36. The van der Waals surface area contributed by atoms with Gasteiger partial charge in [0.1, 0.15) is 0 Å². The molecule has 0 amide bonds. The summed E-state index contributed by atoms with van der Waals surface area (Å²) >= 11 is 0. The molecule has 0 saturated carbocycles. The van der Waals surface area contributed by atoms with Gasteiger partial charge in [-0.3, -0.25) is 4.98 Å². The Bertz CT molecular complexity index is 1330. The van der Waals surface area contributed by atoms with Gasteiger partial charge in [0.05, 0.1) is 5.52 Å². The maximum absolute atomic E-state index is 6.74. The van der Waals surface area contributed by atoms with Crippen LogP contribution in [0.3, 0.4) is 0 Å². The van der Waals surface area contributed by atoms with E-state index in [0.29, 0.717) is 0 Å². The van der Waals surface area contributed by atoms with Crippen LogP contribution in [0.2, 0.25) is 0 Å². The van der Waals surface area contributed by atoms with Crippen molar-refractivity contribution < 1.29 is 0 Å². The Labute approximate surface area is 200 Å². The number of aromatic nitrogens is 2.